The Hall–Kier alpha value is -2.38. The second kappa shape index (κ2) is 8.28. The molecule has 2 aromatic rings. The van der Waals surface area contributed by atoms with Crippen molar-refractivity contribution in [2.75, 3.05) is 17.9 Å². The van der Waals surface area contributed by atoms with E-state index in [1.807, 2.05) is 32.0 Å². The molecule has 1 atom stereocenters. The number of amides is 1. The highest BCUT2D eigenvalue weighted by molar-refractivity contribution is 7.92. The molecule has 0 aromatic heterocycles. The van der Waals surface area contributed by atoms with Crippen molar-refractivity contribution in [2.24, 2.45) is 0 Å². The van der Waals surface area contributed by atoms with Gasteiger partial charge in [-0.2, -0.15) is 0 Å². The van der Waals surface area contributed by atoms with E-state index in [0.717, 1.165) is 49.0 Å². The van der Waals surface area contributed by atoms with Gasteiger partial charge in [-0.25, -0.2) is 8.42 Å². The third kappa shape index (κ3) is 4.48. The van der Waals surface area contributed by atoms with Gasteiger partial charge in [0.2, 0.25) is 5.91 Å². The van der Waals surface area contributed by atoms with Gasteiger partial charge in [0.1, 0.15) is 0 Å². The number of hydrogen-bond donors (Lipinski definition) is 2. The third-order valence-electron chi connectivity index (χ3n) is 6.47. The van der Waals surface area contributed by atoms with Crippen molar-refractivity contribution in [2.45, 2.75) is 62.9 Å². The summed E-state index contributed by atoms with van der Waals surface area (Å²) in [5.74, 6) is 0.0297. The predicted molar refractivity (Wildman–Crippen MR) is 121 cm³/mol. The van der Waals surface area contributed by atoms with Gasteiger partial charge in [-0.1, -0.05) is 18.2 Å². The summed E-state index contributed by atoms with van der Waals surface area (Å²) in [6.45, 7) is 6.99. The lowest BCUT2D eigenvalue weighted by molar-refractivity contribution is -0.124. The molecule has 0 unspecified atom stereocenters. The van der Waals surface area contributed by atoms with E-state index in [0.29, 0.717) is 17.8 Å². The Balaban J connectivity index is 1.45. The van der Waals surface area contributed by atoms with Crippen molar-refractivity contribution < 1.29 is 17.9 Å². The number of aryl methyl sites for hydroxylation is 3. The number of carbonyl (C=O) groups is 1. The van der Waals surface area contributed by atoms with Crippen molar-refractivity contribution in [3.8, 4) is 0 Å². The summed E-state index contributed by atoms with van der Waals surface area (Å²) >= 11 is 0. The fourth-order valence-electron chi connectivity index (χ4n) is 4.24. The standard InChI is InChI=1S/C24H30N2O4S/c1-16-13-18(3)22(14-17(16)2)31(28,29)26-20-8-6-19(7-9-20)24(10-11-24)23(27)25-15-21-5-4-12-30-21/h6-9,13-14,21,26H,4-5,10-12,15H2,1-3H3,(H,25,27)/t21-/m1/s1. The maximum absolute atomic E-state index is 12.9. The zero-order valence-corrected chi connectivity index (χ0v) is 19.1. The number of carbonyl (C=O) groups excluding carboxylic acids is 1. The minimum Gasteiger partial charge on any atom is -0.376 e. The summed E-state index contributed by atoms with van der Waals surface area (Å²) in [5, 5.41) is 3.04. The van der Waals surface area contributed by atoms with Gasteiger partial charge in [0.25, 0.3) is 10.0 Å². The number of sulfonamides is 1. The zero-order valence-electron chi connectivity index (χ0n) is 18.3. The Kier molecular flexibility index (Phi) is 5.83. The summed E-state index contributed by atoms with van der Waals surface area (Å²) in [6.07, 6.45) is 3.76. The first kappa shape index (κ1) is 21.8. The largest absolute Gasteiger partial charge is 0.376 e. The zero-order chi connectivity index (χ0) is 22.2. The van der Waals surface area contributed by atoms with Gasteiger partial charge in [0.15, 0.2) is 0 Å². The fraction of sp³-hybridized carbons (Fsp3) is 0.458. The fourth-order valence-corrected chi connectivity index (χ4v) is 5.61. The molecule has 1 aliphatic heterocycles. The smallest absolute Gasteiger partial charge is 0.262 e. The lowest BCUT2D eigenvalue weighted by atomic mass is 9.94. The van der Waals surface area contributed by atoms with Crippen molar-refractivity contribution in [3.63, 3.8) is 0 Å². The second-order valence-electron chi connectivity index (χ2n) is 8.81. The normalized spacial score (nSPS) is 19.8. The molecule has 0 bridgehead atoms. The van der Waals surface area contributed by atoms with Gasteiger partial charge in [0, 0.05) is 18.8 Å². The first-order valence-corrected chi connectivity index (χ1v) is 12.3. The van der Waals surface area contributed by atoms with Crippen LogP contribution in [0.1, 0.15) is 47.9 Å². The van der Waals surface area contributed by atoms with Crippen molar-refractivity contribution in [1.82, 2.24) is 5.32 Å². The maximum Gasteiger partial charge on any atom is 0.262 e. The van der Waals surface area contributed by atoms with Crippen LogP contribution in [0, 0.1) is 20.8 Å². The van der Waals surface area contributed by atoms with Gasteiger partial charge in [-0.05, 0) is 86.9 Å². The highest BCUT2D eigenvalue weighted by Crippen LogP contribution is 2.48. The molecule has 1 saturated carbocycles. The van der Waals surface area contributed by atoms with Crippen LogP contribution in [0.25, 0.3) is 0 Å². The number of ether oxygens (including phenoxy) is 1. The van der Waals surface area contributed by atoms with Crippen LogP contribution in [0.2, 0.25) is 0 Å². The summed E-state index contributed by atoms with van der Waals surface area (Å²) in [5.41, 5.74) is 3.62. The number of hydrogen-bond acceptors (Lipinski definition) is 4. The van der Waals surface area contributed by atoms with Crippen LogP contribution in [0.15, 0.2) is 41.3 Å². The van der Waals surface area contributed by atoms with E-state index in [1.54, 1.807) is 25.1 Å². The molecule has 1 heterocycles. The second-order valence-corrected chi connectivity index (χ2v) is 10.5. The lowest BCUT2D eigenvalue weighted by Gasteiger charge is -2.18. The topological polar surface area (TPSA) is 84.5 Å². The van der Waals surface area contributed by atoms with Crippen molar-refractivity contribution in [1.29, 1.82) is 0 Å². The first-order valence-electron chi connectivity index (χ1n) is 10.8. The summed E-state index contributed by atoms with van der Waals surface area (Å²) in [7, 11) is -3.69. The molecule has 0 radical (unpaired) electrons. The molecule has 31 heavy (non-hydrogen) atoms. The molecule has 2 fully saturated rings. The Labute approximate surface area is 184 Å². The van der Waals surface area contributed by atoms with Gasteiger partial charge >= 0.3 is 0 Å². The van der Waals surface area contributed by atoms with E-state index in [2.05, 4.69) is 10.0 Å². The van der Waals surface area contributed by atoms with Crippen LogP contribution in [0.3, 0.4) is 0 Å². The van der Waals surface area contributed by atoms with Gasteiger partial charge in [-0.15, -0.1) is 0 Å². The van der Waals surface area contributed by atoms with E-state index >= 15 is 0 Å². The Morgan fingerprint density at radius 1 is 1.06 bits per heavy atom. The molecule has 4 rings (SSSR count). The molecule has 6 nitrogen and oxygen atoms in total. The lowest BCUT2D eigenvalue weighted by Crippen LogP contribution is -2.39. The highest BCUT2D eigenvalue weighted by atomic mass is 32.2. The third-order valence-corrected chi connectivity index (χ3v) is 7.99. The Bertz CT molecular complexity index is 1080. The number of benzene rings is 2. The van der Waals surface area contributed by atoms with Crippen LogP contribution in [-0.2, 0) is 25.0 Å². The summed E-state index contributed by atoms with van der Waals surface area (Å²) in [4.78, 5) is 13.1. The van der Waals surface area contributed by atoms with Crippen molar-refractivity contribution in [3.05, 3.63) is 58.7 Å². The van der Waals surface area contributed by atoms with Gasteiger partial charge in [0.05, 0.1) is 16.4 Å². The summed E-state index contributed by atoms with van der Waals surface area (Å²) < 4.78 is 34.1. The molecular formula is C24H30N2O4S. The number of anilines is 1. The van der Waals surface area contributed by atoms with E-state index in [4.69, 9.17) is 4.74 Å². The monoisotopic (exact) mass is 442 g/mol. The molecular weight excluding hydrogens is 412 g/mol. The van der Waals surface area contributed by atoms with Crippen LogP contribution in [0.5, 0.6) is 0 Å². The van der Waals surface area contributed by atoms with E-state index < -0.39 is 15.4 Å². The Morgan fingerprint density at radius 3 is 2.35 bits per heavy atom. The predicted octanol–water partition coefficient (Wildman–Crippen LogP) is 3.74. The average Bonchev–Trinajstić information content (AvgIpc) is 3.37. The van der Waals surface area contributed by atoms with E-state index in [9.17, 15) is 13.2 Å². The van der Waals surface area contributed by atoms with Crippen LogP contribution in [-0.4, -0.2) is 33.6 Å². The van der Waals surface area contributed by atoms with E-state index in [-0.39, 0.29) is 16.9 Å². The number of nitrogens with one attached hydrogen (secondary N) is 2. The highest BCUT2D eigenvalue weighted by Gasteiger charge is 2.51. The number of rotatable bonds is 7. The van der Waals surface area contributed by atoms with Crippen LogP contribution >= 0.6 is 0 Å². The molecule has 1 amide bonds. The SMILES string of the molecule is Cc1cc(C)c(S(=O)(=O)Nc2ccc(C3(C(=O)NC[C@H]4CCCO4)CC3)cc2)cc1C. The molecule has 2 N–H and O–H groups in total. The van der Waals surface area contributed by atoms with Crippen LogP contribution < -0.4 is 10.0 Å². The van der Waals surface area contributed by atoms with Gasteiger partial charge in [-0.3, -0.25) is 9.52 Å². The molecule has 7 heteroatoms. The molecule has 0 spiro atoms. The molecule has 1 aliphatic carbocycles. The molecule has 166 valence electrons. The average molecular weight is 443 g/mol. The minimum atomic E-state index is -3.69. The molecule has 1 saturated heterocycles. The molecule has 2 aromatic carbocycles. The quantitative estimate of drug-likeness (QED) is 0.684. The summed E-state index contributed by atoms with van der Waals surface area (Å²) in [6, 6.07) is 10.8. The maximum atomic E-state index is 12.9. The molecule has 2 aliphatic rings. The van der Waals surface area contributed by atoms with E-state index in [1.165, 1.54) is 0 Å². The van der Waals surface area contributed by atoms with Crippen LogP contribution in [0.4, 0.5) is 5.69 Å². The van der Waals surface area contributed by atoms with Crippen molar-refractivity contribution >= 4 is 21.6 Å². The Morgan fingerprint density at radius 2 is 1.74 bits per heavy atom. The minimum absolute atomic E-state index is 0.0297. The van der Waals surface area contributed by atoms with Gasteiger partial charge < -0.3 is 10.1 Å². The first-order chi connectivity index (χ1) is 14.7.